The van der Waals surface area contributed by atoms with Gasteiger partial charge in [-0.05, 0) is 57.2 Å². The molecule has 12 heteroatoms. The van der Waals surface area contributed by atoms with Crippen LogP contribution in [0.5, 0.6) is 0 Å². The third kappa shape index (κ3) is 6.05. The largest absolute Gasteiger partial charge is 0.465 e. The minimum atomic E-state index is -4.43. The second-order valence-corrected chi connectivity index (χ2v) is 11.0. The maximum Gasteiger partial charge on any atom is 0.339 e. The van der Waals surface area contributed by atoms with E-state index in [4.69, 9.17) is 0 Å². The Hall–Kier alpha value is -2.96. The normalized spacial score (nSPS) is 12.2. The summed E-state index contributed by atoms with van der Waals surface area (Å²) < 4.78 is 65.2. The van der Waals surface area contributed by atoms with Crippen molar-refractivity contribution in [2.24, 2.45) is 0 Å². The fourth-order valence-corrected chi connectivity index (χ4v) is 5.40. The van der Waals surface area contributed by atoms with Gasteiger partial charge in [0.15, 0.2) is 0 Å². The zero-order chi connectivity index (χ0) is 24.3. The number of anilines is 1. The Labute approximate surface area is 187 Å². The molecule has 0 spiro atoms. The summed E-state index contributed by atoms with van der Waals surface area (Å²) in [5.41, 5.74) is -1.24. The zero-order valence-electron chi connectivity index (χ0n) is 18.1. The Morgan fingerprint density at radius 3 is 2.03 bits per heavy atom. The van der Waals surface area contributed by atoms with Gasteiger partial charge in [0, 0.05) is 5.54 Å². The highest BCUT2D eigenvalue weighted by Crippen LogP contribution is 2.24. The van der Waals surface area contributed by atoms with Gasteiger partial charge in [0.05, 0.1) is 35.9 Å². The lowest BCUT2D eigenvalue weighted by Crippen LogP contribution is -2.40. The van der Waals surface area contributed by atoms with Crippen molar-refractivity contribution in [1.82, 2.24) is 4.72 Å². The van der Waals surface area contributed by atoms with Crippen molar-refractivity contribution in [3.63, 3.8) is 0 Å². The van der Waals surface area contributed by atoms with Crippen LogP contribution >= 0.6 is 0 Å². The van der Waals surface area contributed by atoms with E-state index in [0.29, 0.717) is 0 Å². The van der Waals surface area contributed by atoms with E-state index in [1.165, 1.54) is 24.3 Å². The minimum absolute atomic E-state index is 0.0685. The van der Waals surface area contributed by atoms with E-state index in [2.05, 4.69) is 18.9 Å². The summed E-state index contributed by atoms with van der Waals surface area (Å²) >= 11 is 0. The summed E-state index contributed by atoms with van der Waals surface area (Å²) in [7, 11) is -6.16. The summed E-state index contributed by atoms with van der Waals surface area (Å²) in [4.78, 5) is 23.2. The molecule has 0 aliphatic heterocycles. The monoisotopic (exact) mass is 484 g/mol. The third-order valence-corrected chi connectivity index (χ3v) is 7.11. The Morgan fingerprint density at radius 2 is 1.47 bits per heavy atom. The van der Waals surface area contributed by atoms with Gasteiger partial charge < -0.3 is 9.47 Å². The first kappa shape index (κ1) is 25.3. The first-order valence-corrected chi connectivity index (χ1v) is 12.1. The summed E-state index contributed by atoms with van der Waals surface area (Å²) in [6.07, 6.45) is 0. The molecule has 0 unspecified atom stereocenters. The standard InChI is InChI=1S/C20H24N2O8S2/c1-20(2,3)22-31(25,26)15-8-6-7-14(12-15)21-32(27,28)17-11-13(18(23)29-4)9-10-16(17)19(24)30-5/h6-12,21-22H,1-5H3. The van der Waals surface area contributed by atoms with Crippen molar-refractivity contribution in [2.75, 3.05) is 18.9 Å². The average molecular weight is 485 g/mol. The summed E-state index contributed by atoms with van der Waals surface area (Å²) in [5.74, 6) is -1.74. The molecule has 32 heavy (non-hydrogen) atoms. The molecule has 0 bridgehead atoms. The number of methoxy groups -OCH3 is 2. The molecule has 0 heterocycles. The van der Waals surface area contributed by atoms with Gasteiger partial charge in [0.2, 0.25) is 10.0 Å². The first-order valence-electron chi connectivity index (χ1n) is 9.18. The molecule has 0 saturated heterocycles. The third-order valence-electron chi connectivity index (χ3n) is 3.93. The molecule has 0 fully saturated rings. The predicted octanol–water partition coefficient (Wildman–Crippen LogP) is 2.14. The van der Waals surface area contributed by atoms with Crippen LogP contribution in [0.2, 0.25) is 0 Å². The SMILES string of the molecule is COC(=O)c1ccc(C(=O)OC)c(S(=O)(=O)Nc2cccc(S(=O)(=O)NC(C)(C)C)c2)c1. The van der Waals surface area contributed by atoms with E-state index in [0.717, 1.165) is 32.4 Å². The highest BCUT2D eigenvalue weighted by molar-refractivity contribution is 7.92. The summed E-state index contributed by atoms with van der Waals surface area (Å²) in [6.45, 7) is 5.00. The van der Waals surface area contributed by atoms with Crippen LogP contribution in [0.25, 0.3) is 0 Å². The number of benzene rings is 2. The summed E-state index contributed by atoms with van der Waals surface area (Å²) in [5, 5.41) is 0. The average Bonchev–Trinajstić information content (AvgIpc) is 2.70. The number of esters is 2. The Bertz CT molecular complexity index is 1250. The Balaban J connectivity index is 2.52. The highest BCUT2D eigenvalue weighted by Gasteiger charge is 2.27. The zero-order valence-corrected chi connectivity index (χ0v) is 19.8. The van der Waals surface area contributed by atoms with Gasteiger partial charge in [-0.15, -0.1) is 0 Å². The van der Waals surface area contributed by atoms with E-state index < -0.39 is 42.4 Å². The maximum atomic E-state index is 13.1. The molecular formula is C20H24N2O8S2. The quantitative estimate of drug-likeness (QED) is 0.569. The van der Waals surface area contributed by atoms with E-state index in [-0.39, 0.29) is 21.7 Å². The number of ether oxygens (including phenoxy) is 2. The van der Waals surface area contributed by atoms with Crippen LogP contribution in [0.15, 0.2) is 52.3 Å². The van der Waals surface area contributed by atoms with E-state index >= 15 is 0 Å². The minimum Gasteiger partial charge on any atom is -0.465 e. The topological polar surface area (TPSA) is 145 Å². The molecular weight excluding hydrogens is 460 g/mol. The fourth-order valence-electron chi connectivity index (χ4n) is 2.67. The number of carbonyl (C=O) groups excluding carboxylic acids is 2. The van der Waals surface area contributed by atoms with E-state index in [1.54, 1.807) is 20.8 Å². The van der Waals surface area contributed by atoms with Crippen LogP contribution in [0.1, 0.15) is 41.5 Å². The van der Waals surface area contributed by atoms with E-state index in [1.807, 2.05) is 0 Å². The van der Waals surface area contributed by atoms with E-state index in [9.17, 15) is 26.4 Å². The van der Waals surface area contributed by atoms with Crippen molar-refractivity contribution in [3.05, 3.63) is 53.6 Å². The fraction of sp³-hybridized carbons (Fsp3) is 0.300. The lowest BCUT2D eigenvalue weighted by atomic mass is 10.1. The van der Waals surface area contributed by atoms with Crippen LogP contribution in [-0.2, 0) is 29.5 Å². The van der Waals surface area contributed by atoms with Crippen molar-refractivity contribution in [3.8, 4) is 0 Å². The van der Waals surface area contributed by atoms with Gasteiger partial charge in [0.1, 0.15) is 4.90 Å². The number of hydrogen-bond donors (Lipinski definition) is 2. The lowest BCUT2D eigenvalue weighted by molar-refractivity contribution is 0.0583. The van der Waals surface area contributed by atoms with Gasteiger partial charge in [-0.25, -0.2) is 31.1 Å². The molecule has 2 aromatic rings. The van der Waals surface area contributed by atoms with Gasteiger partial charge >= 0.3 is 11.9 Å². The van der Waals surface area contributed by atoms with Crippen molar-refractivity contribution in [1.29, 1.82) is 0 Å². The Morgan fingerprint density at radius 1 is 0.844 bits per heavy atom. The van der Waals surface area contributed by atoms with Gasteiger partial charge in [0.25, 0.3) is 10.0 Å². The maximum absolute atomic E-state index is 13.1. The number of hydrogen-bond acceptors (Lipinski definition) is 8. The van der Waals surface area contributed by atoms with Crippen LogP contribution in [0, 0.1) is 0 Å². The van der Waals surface area contributed by atoms with Crippen LogP contribution in [0.4, 0.5) is 5.69 Å². The highest BCUT2D eigenvalue weighted by atomic mass is 32.2. The molecule has 0 atom stereocenters. The van der Waals surface area contributed by atoms with Crippen LogP contribution in [0.3, 0.4) is 0 Å². The van der Waals surface area contributed by atoms with Crippen molar-refractivity contribution >= 4 is 37.7 Å². The van der Waals surface area contributed by atoms with Crippen LogP contribution < -0.4 is 9.44 Å². The second-order valence-electron chi connectivity index (χ2n) is 7.68. The lowest BCUT2D eigenvalue weighted by Gasteiger charge is -2.20. The smallest absolute Gasteiger partial charge is 0.339 e. The second kappa shape index (κ2) is 9.27. The molecule has 0 aliphatic carbocycles. The molecule has 10 nitrogen and oxygen atoms in total. The molecule has 2 N–H and O–H groups in total. The Kier molecular flexibility index (Phi) is 7.33. The molecule has 0 amide bonds. The van der Waals surface area contributed by atoms with Gasteiger partial charge in [-0.2, -0.15) is 0 Å². The number of nitrogens with one attached hydrogen (secondary N) is 2. The molecule has 0 saturated carbocycles. The number of carbonyl (C=O) groups is 2. The van der Waals surface area contributed by atoms with Gasteiger partial charge in [-0.3, -0.25) is 4.72 Å². The molecule has 0 aliphatic rings. The molecule has 2 aromatic carbocycles. The number of rotatable bonds is 7. The van der Waals surface area contributed by atoms with Crippen LogP contribution in [-0.4, -0.2) is 48.5 Å². The molecule has 0 radical (unpaired) electrons. The molecule has 2 rings (SSSR count). The summed E-state index contributed by atoms with van der Waals surface area (Å²) in [6, 6.07) is 8.47. The number of sulfonamides is 2. The van der Waals surface area contributed by atoms with Crippen molar-refractivity contribution < 1.29 is 35.9 Å². The predicted molar refractivity (Wildman–Crippen MR) is 116 cm³/mol. The van der Waals surface area contributed by atoms with Crippen molar-refractivity contribution in [2.45, 2.75) is 36.1 Å². The molecule has 174 valence electrons. The molecule has 0 aromatic heterocycles. The van der Waals surface area contributed by atoms with Gasteiger partial charge in [-0.1, -0.05) is 6.07 Å². The first-order chi connectivity index (χ1) is 14.7.